The first-order valence-corrected chi connectivity index (χ1v) is 13.3. The zero-order valence-electron chi connectivity index (χ0n) is 20.1. The maximum atomic E-state index is 14.0. The molecule has 2 aromatic heterocycles. The van der Waals surface area contributed by atoms with Crippen molar-refractivity contribution in [2.75, 3.05) is 5.32 Å². The Morgan fingerprint density at radius 1 is 1.02 bits per heavy atom. The number of rotatable bonds is 6. The molecular formula is C26H13BrClF4N5O3S. The number of amides is 1. The van der Waals surface area contributed by atoms with Crippen molar-refractivity contribution in [1.29, 1.82) is 0 Å². The summed E-state index contributed by atoms with van der Waals surface area (Å²) < 4.78 is 56.5. The number of nitrogens with one attached hydrogen (secondary N) is 1. The van der Waals surface area contributed by atoms with Gasteiger partial charge in [-0.15, -0.1) is 0 Å². The molecule has 1 N–H and O–H groups in total. The van der Waals surface area contributed by atoms with Crippen LogP contribution < -0.4 is 5.32 Å². The Labute approximate surface area is 245 Å². The largest absolute Gasteiger partial charge is 0.433 e. The van der Waals surface area contributed by atoms with Gasteiger partial charge in [0.15, 0.2) is 17.0 Å². The Balaban J connectivity index is 1.53. The molecule has 0 spiro atoms. The summed E-state index contributed by atoms with van der Waals surface area (Å²) in [7, 11) is 0. The molecule has 3 aromatic carbocycles. The number of hydrogen-bond acceptors (Lipinski definition) is 6. The number of alkyl halides is 3. The summed E-state index contributed by atoms with van der Waals surface area (Å²) in [6.07, 6.45) is -4.92. The second kappa shape index (κ2) is 11.1. The Morgan fingerprint density at radius 3 is 2.34 bits per heavy atom. The van der Waals surface area contributed by atoms with E-state index in [1.807, 2.05) is 0 Å². The molecule has 5 aromatic rings. The van der Waals surface area contributed by atoms with Gasteiger partial charge >= 0.3 is 6.18 Å². The molecule has 0 aliphatic carbocycles. The van der Waals surface area contributed by atoms with Gasteiger partial charge in [-0.25, -0.2) is 13.9 Å². The minimum atomic E-state index is -4.92. The summed E-state index contributed by atoms with van der Waals surface area (Å²) in [6.45, 7) is 0. The Hall–Kier alpha value is -4.01. The Kier molecular flexibility index (Phi) is 7.72. The van der Waals surface area contributed by atoms with Crippen molar-refractivity contribution in [3.8, 4) is 11.3 Å². The zero-order chi connectivity index (χ0) is 29.5. The number of anilines is 1. The maximum absolute atomic E-state index is 14.0. The lowest BCUT2D eigenvalue weighted by atomic mass is 10.1. The second-order valence-electron chi connectivity index (χ2n) is 8.41. The lowest BCUT2D eigenvalue weighted by molar-refractivity contribution is -0.385. The fourth-order valence-corrected chi connectivity index (χ4v) is 5.18. The molecule has 208 valence electrons. The number of nitro groups is 1. The van der Waals surface area contributed by atoms with Gasteiger partial charge in [0.2, 0.25) is 0 Å². The molecule has 0 bridgehead atoms. The molecule has 1 amide bonds. The molecule has 2 heterocycles. The van der Waals surface area contributed by atoms with E-state index in [0.29, 0.717) is 15.5 Å². The summed E-state index contributed by atoms with van der Waals surface area (Å²) in [5.74, 6) is -1.61. The van der Waals surface area contributed by atoms with E-state index in [-0.39, 0.29) is 22.6 Å². The van der Waals surface area contributed by atoms with E-state index in [4.69, 9.17) is 11.6 Å². The van der Waals surface area contributed by atoms with Crippen LogP contribution in [-0.4, -0.2) is 25.4 Å². The van der Waals surface area contributed by atoms with Gasteiger partial charge in [-0.1, -0.05) is 39.3 Å². The molecule has 0 radical (unpaired) electrons. The Bertz CT molecular complexity index is 1820. The van der Waals surface area contributed by atoms with E-state index in [2.05, 4.69) is 31.3 Å². The summed E-state index contributed by atoms with van der Waals surface area (Å²) in [4.78, 5) is 29.3. The predicted octanol–water partition coefficient (Wildman–Crippen LogP) is 8.28. The van der Waals surface area contributed by atoms with E-state index in [9.17, 15) is 32.5 Å². The van der Waals surface area contributed by atoms with Crippen LogP contribution in [0.1, 0.15) is 16.2 Å². The quantitative estimate of drug-likeness (QED) is 0.111. The number of nitrogens with zero attached hydrogens (tertiary/aromatic N) is 4. The molecule has 0 saturated carbocycles. The summed E-state index contributed by atoms with van der Waals surface area (Å²) in [6, 6.07) is 16.4. The van der Waals surface area contributed by atoms with Gasteiger partial charge in [-0.3, -0.25) is 14.9 Å². The van der Waals surface area contributed by atoms with Crippen LogP contribution in [0.15, 0.2) is 87.1 Å². The topological polar surface area (TPSA) is 102 Å². The number of aromatic nitrogens is 3. The number of non-ortho nitro benzene ring substituents is 1. The monoisotopic (exact) mass is 665 g/mol. The summed E-state index contributed by atoms with van der Waals surface area (Å²) in [5.41, 5.74) is -2.65. The lowest BCUT2D eigenvalue weighted by Gasteiger charge is -2.11. The van der Waals surface area contributed by atoms with Gasteiger partial charge in [0.1, 0.15) is 10.8 Å². The molecule has 15 heteroatoms. The molecule has 0 aliphatic heterocycles. The van der Waals surface area contributed by atoms with Crippen LogP contribution in [0.25, 0.3) is 16.9 Å². The van der Waals surface area contributed by atoms with E-state index < -0.39 is 44.9 Å². The first-order valence-electron chi connectivity index (χ1n) is 11.4. The normalized spacial score (nSPS) is 11.6. The number of benzene rings is 3. The average molecular weight is 667 g/mol. The maximum Gasteiger partial charge on any atom is 0.433 e. The molecular weight excluding hydrogens is 654 g/mol. The highest BCUT2D eigenvalue weighted by Gasteiger charge is 2.37. The lowest BCUT2D eigenvalue weighted by Crippen LogP contribution is -2.16. The Morgan fingerprint density at radius 2 is 1.71 bits per heavy atom. The average Bonchev–Trinajstić information content (AvgIpc) is 3.25. The molecule has 0 unspecified atom stereocenters. The van der Waals surface area contributed by atoms with Crippen molar-refractivity contribution in [2.45, 2.75) is 16.0 Å². The first-order chi connectivity index (χ1) is 19.4. The van der Waals surface area contributed by atoms with Gasteiger partial charge in [0, 0.05) is 37.6 Å². The van der Waals surface area contributed by atoms with Crippen LogP contribution in [0.5, 0.6) is 0 Å². The molecule has 0 saturated heterocycles. The second-order valence-corrected chi connectivity index (χ2v) is 10.9. The number of carbonyl (C=O) groups is 1. The van der Waals surface area contributed by atoms with Gasteiger partial charge < -0.3 is 5.32 Å². The first kappa shape index (κ1) is 28.5. The van der Waals surface area contributed by atoms with Crippen molar-refractivity contribution in [3.05, 3.63) is 110 Å². The molecule has 8 nitrogen and oxygen atoms in total. The predicted molar refractivity (Wildman–Crippen MR) is 148 cm³/mol. The van der Waals surface area contributed by atoms with Crippen LogP contribution in [0.3, 0.4) is 0 Å². The smallest absolute Gasteiger partial charge is 0.320 e. The van der Waals surface area contributed by atoms with Gasteiger partial charge in [-0.05, 0) is 60.7 Å². The fraction of sp³-hybridized carbons (Fsp3) is 0.0385. The molecule has 0 aliphatic rings. The molecule has 5 rings (SSSR count). The third kappa shape index (κ3) is 6.19. The van der Waals surface area contributed by atoms with Crippen molar-refractivity contribution in [3.63, 3.8) is 0 Å². The highest BCUT2D eigenvalue weighted by atomic mass is 79.9. The van der Waals surface area contributed by atoms with E-state index in [1.165, 1.54) is 36.0 Å². The van der Waals surface area contributed by atoms with Gasteiger partial charge in [-0.2, -0.15) is 18.3 Å². The number of hydrogen-bond donors (Lipinski definition) is 1. The van der Waals surface area contributed by atoms with Crippen LogP contribution in [-0.2, 0) is 6.18 Å². The van der Waals surface area contributed by atoms with Crippen molar-refractivity contribution in [1.82, 2.24) is 14.6 Å². The van der Waals surface area contributed by atoms with E-state index >= 15 is 0 Å². The summed E-state index contributed by atoms with van der Waals surface area (Å²) in [5, 5.41) is 17.2. The highest BCUT2D eigenvalue weighted by Crippen LogP contribution is 2.36. The number of fused-ring (bicyclic) bond motifs is 1. The van der Waals surface area contributed by atoms with Crippen molar-refractivity contribution < 1.29 is 27.3 Å². The third-order valence-corrected chi connectivity index (χ3v) is 7.44. The number of halogens is 6. The van der Waals surface area contributed by atoms with Crippen LogP contribution >= 0.6 is 39.3 Å². The van der Waals surface area contributed by atoms with Crippen LogP contribution in [0.4, 0.5) is 28.9 Å². The standard InChI is InChI=1S/C26H13BrClF4N5O3S/c27-14-3-7-18(8-4-14)41-19-10-16(9-17(11-19)37(39)40)33-25(38)23-22(28)24-34-20(13-1-5-15(29)6-2-13)12-21(26(30,31)32)36(24)35-23/h1-12H,(H,33,38). The number of carbonyl (C=O) groups excluding carboxylic acids is 1. The van der Waals surface area contributed by atoms with E-state index in [1.54, 1.807) is 24.3 Å². The molecule has 0 atom stereocenters. The minimum absolute atomic E-state index is 0.00654. The van der Waals surface area contributed by atoms with Crippen molar-refractivity contribution >= 4 is 62.2 Å². The zero-order valence-corrected chi connectivity index (χ0v) is 23.3. The van der Waals surface area contributed by atoms with Gasteiger partial charge in [0.05, 0.1) is 10.6 Å². The summed E-state index contributed by atoms with van der Waals surface area (Å²) >= 11 is 10.8. The van der Waals surface area contributed by atoms with Crippen LogP contribution in [0.2, 0.25) is 5.02 Å². The molecule has 41 heavy (non-hydrogen) atoms. The SMILES string of the molecule is O=C(Nc1cc(Sc2ccc(Br)cc2)cc([N+](=O)[O-])c1)c1nn2c(C(F)(F)F)cc(-c3ccc(F)cc3)nc2c1Cl. The number of nitro benzene ring substituents is 1. The highest BCUT2D eigenvalue weighted by molar-refractivity contribution is 9.10. The van der Waals surface area contributed by atoms with Crippen molar-refractivity contribution in [2.24, 2.45) is 0 Å². The van der Waals surface area contributed by atoms with Crippen LogP contribution in [0, 0.1) is 15.9 Å². The fourth-order valence-electron chi connectivity index (χ4n) is 3.76. The minimum Gasteiger partial charge on any atom is -0.320 e. The third-order valence-electron chi connectivity index (χ3n) is 5.59. The molecule has 0 fully saturated rings. The van der Waals surface area contributed by atoms with E-state index in [0.717, 1.165) is 27.6 Å². The van der Waals surface area contributed by atoms with Gasteiger partial charge in [0.25, 0.3) is 11.6 Å².